The summed E-state index contributed by atoms with van der Waals surface area (Å²) in [5.41, 5.74) is 17.3. The Balaban J connectivity index is 0.000000134. The fraction of sp³-hybridized carbons (Fsp3) is 0.125. The molecule has 4 heteroatoms. The lowest BCUT2D eigenvalue weighted by molar-refractivity contribution is 0.661. The first-order chi connectivity index (χ1) is 25.1. The van der Waals surface area contributed by atoms with Crippen molar-refractivity contribution in [2.45, 2.75) is 38.5 Å². The van der Waals surface area contributed by atoms with Gasteiger partial charge < -0.3 is 9.55 Å². The molecule has 0 atom stereocenters. The predicted octanol–water partition coefficient (Wildman–Crippen LogP) is 14.2. The maximum atomic E-state index is 3.68. The minimum Gasteiger partial charge on any atom is -0.355 e. The van der Waals surface area contributed by atoms with Gasteiger partial charge in [0.25, 0.3) is 0 Å². The van der Waals surface area contributed by atoms with Crippen LogP contribution in [0.15, 0.2) is 148 Å². The molecule has 0 radical (unpaired) electrons. The summed E-state index contributed by atoms with van der Waals surface area (Å²) in [6.07, 6.45) is 0. The minimum absolute atomic E-state index is 0.00132. The summed E-state index contributed by atoms with van der Waals surface area (Å²) in [6, 6.07) is 50.9. The maximum Gasteiger partial charge on any atom is 0.0544 e. The molecule has 0 spiro atoms. The topological polar surface area (TPSA) is 20.7 Å². The standard InChI is InChI=1S/C27H20BrN.C21H16BrN/c1-27(2)23-11-7-6-10-19(23)20-15-22-21-14-17(28)12-13-25(21)29(26(22)16-24(20)27)18-8-4-3-5-9-18;1-21(2)17-6-4-3-5-13(17)14-10-16-15-9-12(22)7-8-19(15)23-20(16)11-18(14)21/h3-16H,1-2H3;3-11,23H,1-2H3. The number of halogens is 2. The van der Waals surface area contributed by atoms with Crippen LogP contribution in [0.3, 0.4) is 0 Å². The normalized spacial score (nSPS) is 14.7. The summed E-state index contributed by atoms with van der Waals surface area (Å²) in [7, 11) is 0. The van der Waals surface area contributed by atoms with Crippen molar-refractivity contribution in [3.63, 3.8) is 0 Å². The number of hydrogen-bond acceptors (Lipinski definition) is 0. The molecule has 11 rings (SSSR count). The summed E-state index contributed by atoms with van der Waals surface area (Å²) in [4.78, 5) is 3.58. The maximum absolute atomic E-state index is 3.68. The van der Waals surface area contributed by atoms with Crippen molar-refractivity contribution >= 4 is 75.5 Å². The van der Waals surface area contributed by atoms with E-state index in [1.54, 1.807) is 0 Å². The average molecular weight is 801 g/mol. The van der Waals surface area contributed by atoms with E-state index in [1.165, 1.54) is 93.8 Å². The number of para-hydroxylation sites is 1. The van der Waals surface area contributed by atoms with Crippen LogP contribution >= 0.6 is 31.9 Å². The molecule has 0 bridgehead atoms. The minimum atomic E-state index is -0.00132. The Morgan fingerprint density at radius 2 is 0.942 bits per heavy atom. The summed E-state index contributed by atoms with van der Waals surface area (Å²) < 4.78 is 4.63. The Morgan fingerprint density at radius 1 is 0.423 bits per heavy atom. The molecule has 2 aliphatic rings. The van der Waals surface area contributed by atoms with Crippen molar-refractivity contribution < 1.29 is 0 Å². The largest absolute Gasteiger partial charge is 0.355 e. The van der Waals surface area contributed by atoms with Crippen LogP contribution in [0, 0.1) is 0 Å². The summed E-state index contributed by atoms with van der Waals surface area (Å²) >= 11 is 7.28. The molecule has 2 nitrogen and oxygen atoms in total. The highest BCUT2D eigenvalue weighted by Gasteiger charge is 2.37. The molecule has 7 aromatic carbocycles. The Bertz CT molecular complexity index is 2920. The highest BCUT2D eigenvalue weighted by Crippen LogP contribution is 2.52. The first-order valence-electron chi connectivity index (χ1n) is 17.9. The summed E-state index contributed by atoms with van der Waals surface area (Å²) in [5, 5.41) is 5.16. The van der Waals surface area contributed by atoms with Crippen LogP contribution < -0.4 is 0 Å². The molecule has 9 aromatic rings. The third-order valence-electron chi connectivity index (χ3n) is 11.7. The molecule has 0 amide bonds. The molecule has 2 heterocycles. The first-order valence-corrected chi connectivity index (χ1v) is 19.5. The van der Waals surface area contributed by atoms with Gasteiger partial charge in [-0.1, -0.05) is 126 Å². The molecule has 0 saturated heterocycles. The van der Waals surface area contributed by atoms with Crippen molar-refractivity contribution in [1.82, 2.24) is 9.55 Å². The Hall–Kier alpha value is -4.90. The van der Waals surface area contributed by atoms with Crippen molar-refractivity contribution in [1.29, 1.82) is 0 Å². The molecular formula is C48H36Br2N2. The highest BCUT2D eigenvalue weighted by atomic mass is 79.9. The number of benzene rings is 7. The SMILES string of the molecule is CC1(C)c2ccccc2-c2cc3c(cc21)[nH]c1ccc(Br)cc13.CC1(C)c2ccccc2-c2cc3c4cc(Br)ccc4n(-c4ccccc4)c3cc21. The number of hydrogen-bond donors (Lipinski definition) is 1. The van der Waals surface area contributed by atoms with Crippen molar-refractivity contribution in [2.24, 2.45) is 0 Å². The molecule has 2 aliphatic carbocycles. The monoisotopic (exact) mass is 798 g/mol. The van der Waals surface area contributed by atoms with E-state index in [4.69, 9.17) is 0 Å². The zero-order valence-electron chi connectivity index (χ0n) is 29.5. The van der Waals surface area contributed by atoms with E-state index < -0.39 is 0 Å². The Labute approximate surface area is 320 Å². The van der Waals surface area contributed by atoms with Crippen LogP contribution in [0.2, 0.25) is 0 Å². The van der Waals surface area contributed by atoms with Gasteiger partial charge in [0, 0.05) is 58.0 Å². The van der Waals surface area contributed by atoms with Crippen LogP contribution in [0.25, 0.3) is 71.6 Å². The lowest BCUT2D eigenvalue weighted by atomic mass is 9.82. The zero-order valence-corrected chi connectivity index (χ0v) is 32.7. The zero-order chi connectivity index (χ0) is 35.5. The van der Waals surface area contributed by atoms with Gasteiger partial charge in [0.2, 0.25) is 0 Å². The molecule has 1 N–H and O–H groups in total. The molecule has 52 heavy (non-hydrogen) atoms. The quantitative estimate of drug-likeness (QED) is 0.171. The van der Waals surface area contributed by atoms with Crippen LogP contribution in [-0.2, 0) is 10.8 Å². The fourth-order valence-corrected chi connectivity index (χ4v) is 9.83. The van der Waals surface area contributed by atoms with E-state index in [9.17, 15) is 0 Å². The smallest absolute Gasteiger partial charge is 0.0544 e. The third-order valence-corrected chi connectivity index (χ3v) is 12.7. The number of nitrogens with one attached hydrogen (secondary N) is 1. The second kappa shape index (κ2) is 11.3. The molecule has 0 unspecified atom stereocenters. The van der Waals surface area contributed by atoms with Crippen LogP contribution in [0.1, 0.15) is 49.9 Å². The number of H-pyrrole nitrogens is 1. The van der Waals surface area contributed by atoms with Crippen molar-refractivity contribution in [3.05, 3.63) is 171 Å². The molecule has 0 saturated carbocycles. The number of nitrogens with zero attached hydrogens (tertiary/aromatic N) is 1. The summed E-state index contributed by atoms with van der Waals surface area (Å²) in [6.45, 7) is 9.33. The van der Waals surface area contributed by atoms with Gasteiger partial charge >= 0.3 is 0 Å². The predicted molar refractivity (Wildman–Crippen MR) is 227 cm³/mol. The fourth-order valence-electron chi connectivity index (χ4n) is 9.11. The molecule has 252 valence electrons. The molecular weight excluding hydrogens is 764 g/mol. The Kier molecular flexibility index (Phi) is 6.91. The van der Waals surface area contributed by atoms with Gasteiger partial charge in [0.1, 0.15) is 0 Å². The van der Waals surface area contributed by atoms with Crippen molar-refractivity contribution in [3.8, 4) is 27.9 Å². The lowest BCUT2D eigenvalue weighted by Crippen LogP contribution is -2.14. The van der Waals surface area contributed by atoms with Gasteiger partial charge in [-0.2, -0.15) is 0 Å². The molecule has 0 aliphatic heterocycles. The Morgan fingerprint density at radius 3 is 1.62 bits per heavy atom. The van der Waals surface area contributed by atoms with E-state index in [-0.39, 0.29) is 10.8 Å². The van der Waals surface area contributed by atoms with Gasteiger partial charge in [-0.3, -0.25) is 0 Å². The average Bonchev–Trinajstić information content (AvgIpc) is 3.81. The van der Waals surface area contributed by atoms with E-state index in [1.807, 2.05) is 0 Å². The van der Waals surface area contributed by atoms with Gasteiger partial charge in [-0.05, 0) is 117 Å². The van der Waals surface area contributed by atoms with Gasteiger partial charge in [0.15, 0.2) is 0 Å². The van der Waals surface area contributed by atoms with Crippen LogP contribution in [0.4, 0.5) is 0 Å². The van der Waals surface area contributed by atoms with E-state index >= 15 is 0 Å². The highest BCUT2D eigenvalue weighted by molar-refractivity contribution is 9.10. The second-order valence-corrected chi connectivity index (χ2v) is 17.2. The number of aromatic amines is 1. The third kappa shape index (κ3) is 4.53. The summed E-state index contributed by atoms with van der Waals surface area (Å²) in [5.74, 6) is 0. The molecule has 2 aromatic heterocycles. The van der Waals surface area contributed by atoms with Crippen LogP contribution in [-0.4, -0.2) is 9.55 Å². The number of aromatic nitrogens is 2. The van der Waals surface area contributed by atoms with E-state index in [0.717, 1.165) is 8.95 Å². The number of rotatable bonds is 1. The molecule has 0 fully saturated rings. The van der Waals surface area contributed by atoms with Gasteiger partial charge in [-0.25, -0.2) is 0 Å². The first kappa shape index (κ1) is 31.8. The van der Waals surface area contributed by atoms with Crippen molar-refractivity contribution in [2.75, 3.05) is 0 Å². The van der Waals surface area contributed by atoms with Gasteiger partial charge in [0.05, 0.1) is 11.0 Å². The number of fused-ring (bicyclic) bond motifs is 12. The van der Waals surface area contributed by atoms with Crippen LogP contribution in [0.5, 0.6) is 0 Å². The lowest BCUT2D eigenvalue weighted by Gasteiger charge is -2.21. The second-order valence-electron chi connectivity index (χ2n) is 15.3. The van der Waals surface area contributed by atoms with Gasteiger partial charge in [-0.15, -0.1) is 0 Å². The van der Waals surface area contributed by atoms with E-state index in [0.29, 0.717) is 0 Å². The van der Waals surface area contributed by atoms with E-state index in [2.05, 4.69) is 209 Å².